The molecule has 0 saturated carbocycles. The van der Waals surface area contributed by atoms with Gasteiger partial charge in [0.25, 0.3) is 0 Å². The van der Waals surface area contributed by atoms with Crippen molar-refractivity contribution in [3.8, 4) is 11.5 Å². The van der Waals surface area contributed by atoms with E-state index in [4.69, 9.17) is 10.7 Å². The lowest BCUT2D eigenvalue weighted by Gasteiger charge is -2.28. The van der Waals surface area contributed by atoms with E-state index < -0.39 is 6.29 Å². The predicted molar refractivity (Wildman–Crippen MR) is 127 cm³/mol. The predicted octanol–water partition coefficient (Wildman–Crippen LogP) is 3.62. The van der Waals surface area contributed by atoms with Crippen LogP contribution < -0.4 is 15.2 Å². The maximum atomic E-state index is 13.6. The van der Waals surface area contributed by atoms with Crippen LogP contribution in [0.4, 0.5) is 14.7 Å². The summed E-state index contributed by atoms with van der Waals surface area (Å²) in [4.78, 5) is 16.1. The quantitative estimate of drug-likeness (QED) is 0.607. The molecule has 0 spiro atoms. The lowest BCUT2D eigenvalue weighted by molar-refractivity contribution is -0.286. The second-order valence-electron chi connectivity index (χ2n) is 9.58. The fraction of sp³-hybridized carbons (Fsp3) is 0.500. The van der Waals surface area contributed by atoms with Gasteiger partial charge in [0, 0.05) is 36.7 Å². The van der Waals surface area contributed by atoms with Crippen molar-refractivity contribution in [1.29, 1.82) is 0 Å². The molecular weight excluding hydrogens is 456 g/mol. The van der Waals surface area contributed by atoms with Crippen LogP contribution in [0.1, 0.15) is 38.9 Å². The van der Waals surface area contributed by atoms with Crippen LogP contribution in [0.15, 0.2) is 28.8 Å². The summed E-state index contributed by atoms with van der Waals surface area (Å²) in [7, 11) is 0. The minimum Gasteiger partial charge on any atom is -0.395 e. The number of nitrogen functional groups attached to an aromatic ring is 1. The fourth-order valence-electron chi connectivity index (χ4n) is 5.37. The number of hydrogen-bond acceptors (Lipinski definition) is 8. The molecule has 1 aromatic carbocycles. The first-order chi connectivity index (χ1) is 16.8. The number of likely N-dealkylation sites (tertiary alicyclic amines) is 1. The highest BCUT2D eigenvalue weighted by Gasteiger charge is 2.45. The molecule has 6 rings (SSSR count). The van der Waals surface area contributed by atoms with Gasteiger partial charge in [0.2, 0.25) is 5.95 Å². The Hall–Kier alpha value is -3.34. The monoisotopic (exact) mass is 483 g/mol. The molecule has 35 heavy (non-hydrogen) atoms. The molecule has 2 aromatic heterocycles. The molecule has 0 aliphatic carbocycles. The van der Waals surface area contributed by atoms with E-state index in [1.54, 1.807) is 6.07 Å². The zero-order valence-corrected chi connectivity index (χ0v) is 19.7. The number of allylic oxidation sites excluding steroid dienone is 1. The Balaban J connectivity index is 1.29. The van der Waals surface area contributed by atoms with E-state index in [0.717, 1.165) is 38.2 Å². The number of ether oxygens (including phenoxy) is 2. The van der Waals surface area contributed by atoms with Gasteiger partial charge in [-0.25, -0.2) is 9.97 Å². The van der Waals surface area contributed by atoms with E-state index in [2.05, 4.69) is 49.4 Å². The van der Waals surface area contributed by atoms with Crippen molar-refractivity contribution in [3.63, 3.8) is 0 Å². The van der Waals surface area contributed by atoms with E-state index >= 15 is 0 Å². The minimum atomic E-state index is -3.74. The molecule has 1 fully saturated rings. The third kappa shape index (κ3) is 3.97. The van der Waals surface area contributed by atoms with Gasteiger partial charge in [0.1, 0.15) is 5.52 Å². The van der Waals surface area contributed by atoms with Gasteiger partial charge < -0.3 is 15.2 Å². The van der Waals surface area contributed by atoms with E-state index in [1.165, 1.54) is 22.6 Å². The third-order valence-corrected chi connectivity index (χ3v) is 7.12. The van der Waals surface area contributed by atoms with Crippen molar-refractivity contribution in [2.24, 2.45) is 10.9 Å². The second-order valence-corrected chi connectivity index (χ2v) is 9.58. The number of rotatable bonds is 3. The fourth-order valence-corrected chi connectivity index (χ4v) is 5.37. The SMILES string of the molecule is CC1=NCCC2CCCN([C@H](C)Cc3nc4c5ccc6c(c5nc(N)n4n3)OC(F)(F)O6)CC2=C1. The van der Waals surface area contributed by atoms with Crippen LogP contribution in [-0.2, 0) is 6.42 Å². The van der Waals surface area contributed by atoms with Crippen LogP contribution in [0.5, 0.6) is 11.5 Å². The van der Waals surface area contributed by atoms with Crippen molar-refractivity contribution < 1.29 is 18.3 Å². The molecule has 2 atom stereocenters. The first kappa shape index (κ1) is 22.1. The lowest BCUT2D eigenvalue weighted by Crippen LogP contribution is -2.36. The molecule has 0 bridgehead atoms. The van der Waals surface area contributed by atoms with Gasteiger partial charge in [-0.05, 0) is 63.8 Å². The maximum Gasteiger partial charge on any atom is 0.586 e. The Bertz CT molecular complexity index is 1380. The number of hydrogen-bond donors (Lipinski definition) is 1. The number of fused-ring (bicyclic) bond motifs is 6. The number of halogens is 2. The van der Waals surface area contributed by atoms with Gasteiger partial charge in [-0.2, -0.15) is 4.52 Å². The van der Waals surface area contributed by atoms with Crippen molar-refractivity contribution in [2.75, 3.05) is 25.4 Å². The molecular formula is C24H27F2N7O2. The molecule has 9 nitrogen and oxygen atoms in total. The van der Waals surface area contributed by atoms with E-state index in [-0.39, 0.29) is 29.0 Å². The summed E-state index contributed by atoms with van der Waals surface area (Å²) in [6, 6.07) is 3.25. The topological polar surface area (TPSA) is 103 Å². The zero-order chi connectivity index (χ0) is 24.3. The van der Waals surface area contributed by atoms with Gasteiger partial charge in [0.15, 0.2) is 23.0 Å². The summed E-state index contributed by atoms with van der Waals surface area (Å²) < 4.78 is 37.9. The molecule has 3 aliphatic rings. The molecule has 3 aliphatic heterocycles. The Kier molecular flexibility index (Phi) is 5.13. The van der Waals surface area contributed by atoms with E-state index in [1.807, 2.05) is 0 Å². The Labute approximate surface area is 200 Å². The van der Waals surface area contributed by atoms with Gasteiger partial charge in [-0.15, -0.1) is 13.9 Å². The molecule has 0 radical (unpaired) electrons. The average Bonchev–Trinajstić information content (AvgIpc) is 3.22. The molecule has 3 aromatic rings. The number of aromatic nitrogens is 4. The highest BCUT2D eigenvalue weighted by molar-refractivity contribution is 5.97. The summed E-state index contributed by atoms with van der Waals surface area (Å²) in [6.45, 7) is 7.09. The molecule has 184 valence electrons. The third-order valence-electron chi connectivity index (χ3n) is 7.12. The summed E-state index contributed by atoms with van der Waals surface area (Å²) in [5.74, 6) is 1.03. The number of alkyl halides is 2. The van der Waals surface area contributed by atoms with Gasteiger partial charge in [-0.1, -0.05) is 5.57 Å². The van der Waals surface area contributed by atoms with Crippen molar-refractivity contribution >= 4 is 28.2 Å². The van der Waals surface area contributed by atoms with E-state index in [0.29, 0.717) is 29.2 Å². The largest absolute Gasteiger partial charge is 0.586 e. The van der Waals surface area contributed by atoms with Crippen molar-refractivity contribution in [1.82, 2.24) is 24.5 Å². The van der Waals surface area contributed by atoms with Crippen LogP contribution in [0.2, 0.25) is 0 Å². The smallest absolute Gasteiger partial charge is 0.395 e. The molecule has 5 heterocycles. The molecule has 1 saturated heterocycles. The van der Waals surface area contributed by atoms with Crippen LogP contribution >= 0.6 is 0 Å². The zero-order valence-electron chi connectivity index (χ0n) is 19.7. The highest BCUT2D eigenvalue weighted by atomic mass is 19.3. The maximum absolute atomic E-state index is 13.6. The van der Waals surface area contributed by atoms with Gasteiger partial charge in [0.05, 0.1) is 0 Å². The summed E-state index contributed by atoms with van der Waals surface area (Å²) in [5.41, 5.74) is 9.32. The van der Waals surface area contributed by atoms with Crippen LogP contribution in [0, 0.1) is 5.92 Å². The van der Waals surface area contributed by atoms with E-state index in [9.17, 15) is 8.78 Å². The van der Waals surface area contributed by atoms with Crippen LogP contribution in [-0.4, -0.2) is 62.2 Å². The van der Waals surface area contributed by atoms with Crippen molar-refractivity contribution in [3.05, 3.63) is 29.6 Å². The van der Waals surface area contributed by atoms with Gasteiger partial charge in [-0.3, -0.25) is 9.89 Å². The number of nitrogens with two attached hydrogens (primary N) is 1. The minimum absolute atomic E-state index is 0.0436. The summed E-state index contributed by atoms with van der Waals surface area (Å²) in [6.07, 6.45) is 2.59. The van der Waals surface area contributed by atoms with Crippen LogP contribution in [0.25, 0.3) is 16.6 Å². The standard InChI is InChI=1S/C24H27F2N7O2/c1-13-10-16-12-32(9-3-4-15(16)7-8-28-13)14(2)11-19-29-22-17-5-6-18-21(35-24(25,26)34-18)20(17)30-23(27)33(22)31-19/h5-6,10,14-15H,3-4,7-9,11-12H2,1-2H3,(H2,27,30)/t14-,15?/m1/s1. The Morgan fingerprint density at radius 2 is 2.09 bits per heavy atom. The summed E-state index contributed by atoms with van der Waals surface area (Å²) >= 11 is 0. The average molecular weight is 484 g/mol. The molecule has 0 amide bonds. The number of aliphatic imine (C=N–C) groups is 1. The second kappa shape index (κ2) is 8.11. The highest BCUT2D eigenvalue weighted by Crippen LogP contribution is 2.45. The number of anilines is 1. The normalized spacial score (nSPS) is 22.9. The number of benzene rings is 1. The summed E-state index contributed by atoms with van der Waals surface area (Å²) in [5, 5.41) is 5.10. The first-order valence-corrected chi connectivity index (χ1v) is 12.0. The Morgan fingerprint density at radius 1 is 1.23 bits per heavy atom. The molecule has 11 heteroatoms. The lowest BCUT2D eigenvalue weighted by atomic mass is 9.92. The molecule has 1 unspecified atom stereocenters. The van der Waals surface area contributed by atoms with Crippen molar-refractivity contribution in [2.45, 2.75) is 51.9 Å². The first-order valence-electron chi connectivity index (χ1n) is 12.0. The molecule has 2 N–H and O–H groups in total. The number of nitrogens with zero attached hydrogens (tertiary/aromatic N) is 6. The van der Waals surface area contributed by atoms with Gasteiger partial charge >= 0.3 is 6.29 Å². The van der Waals surface area contributed by atoms with Crippen LogP contribution in [0.3, 0.4) is 0 Å². The Morgan fingerprint density at radius 3 is 2.94 bits per heavy atom.